The van der Waals surface area contributed by atoms with Gasteiger partial charge in [-0.3, -0.25) is 14.9 Å². The highest BCUT2D eigenvalue weighted by Crippen LogP contribution is 2.23. The highest BCUT2D eigenvalue weighted by Gasteiger charge is 2.29. The summed E-state index contributed by atoms with van der Waals surface area (Å²) in [6.45, 7) is 0.0697. The molecular weight excluding hydrogens is 286 g/mol. The van der Waals surface area contributed by atoms with Crippen molar-refractivity contribution in [2.75, 3.05) is 30.3 Å². The lowest BCUT2D eigenvalue weighted by molar-refractivity contribution is -0.385. The fourth-order valence-electron chi connectivity index (χ4n) is 1.97. The van der Waals surface area contributed by atoms with Crippen LogP contribution >= 0.6 is 0 Å². The highest BCUT2D eigenvalue weighted by atomic mass is 32.2. The minimum absolute atomic E-state index is 0.0348. The van der Waals surface area contributed by atoms with Crippen LogP contribution in [0.5, 0.6) is 0 Å². The van der Waals surface area contributed by atoms with E-state index in [0.717, 1.165) is 0 Å². The number of hydrogen-bond donors (Lipinski definition) is 1. The van der Waals surface area contributed by atoms with Gasteiger partial charge < -0.3 is 10.6 Å². The number of hydrogen-bond acceptors (Lipinski definition) is 6. The second-order valence-electron chi connectivity index (χ2n) is 4.48. The Labute approximate surface area is 115 Å². The van der Waals surface area contributed by atoms with E-state index in [2.05, 4.69) is 0 Å². The van der Waals surface area contributed by atoms with E-state index in [9.17, 15) is 23.3 Å². The van der Waals surface area contributed by atoms with E-state index < -0.39 is 20.7 Å². The molecule has 0 atom stereocenters. The number of nitro groups is 1. The van der Waals surface area contributed by atoms with Crippen molar-refractivity contribution < 1.29 is 18.1 Å². The molecule has 1 aromatic carbocycles. The van der Waals surface area contributed by atoms with Gasteiger partial charge >= 0.3 is 0 Å². The predicted molar refractivity (Wildman–Crippen MR) is 72.1 cm³/mol. The minimum Gasteiger partial charge on any atom is -0.399 e. The molecule has 1 aromatic rings. The number of benzene rings is 1. The van der Waals surface area contributed by atoms with Crippen molar-refractivity contribution in [2.45, 2.75) is 0 Å². The van der Waals surface area contributed by atoms with Crippen LogP contribution in [0.4, 0.5) is 11.4 Å². The summed E-state index contributed by atoms with van der Waals surface area (Å²) >= 11 is 0. The monoisotopic (exact) mass is 299 g/mol. The Morgan fingerprint density at radius 2 is 1.90 bits per heavy atom. The summed E-state index contributed by atoms with van der Waals surface area (Å²) in [5.74, 6) is -0.831. The van der Waals surface area contributed by atoms with Gasteiger partial charge in [-0.05, 0) is 12.1 Å². The molecular formula is C11H13N3O5S. The van der Waals surface area contributed by atoms with Crippen LogP contribution in [-0.2, 0) is 9.84 Å². The molecule has 0 radical (unpaired) electrons. The Morgan fingerprint density at radius 3 is 2.45 bits per heavy atom. The quantitative estimate of drug-likeness (QED) is 0.467. The lowest BCUT2D eigenvalue weighted by Gasteiger charge is -2.26. The van der Waals surface area contributed by atoms with Gasteiger partial charge in [-0.1, -0.05) is 0 Å². The van der Waals surface area contributed by atoms with Gasteiger partial charge in [-0.25, -0.2) is 8.42 Å². The largest absolute Gasteiger partial charge is 0.399 e. The Kier molecular flexibility index (Phi) is 3.62. The van der Waals surface area contributed by atoms with E-state index >= 15 is 0 Å². The first-order valence-corrected chi connectivity index (χ1v) is 7.66. The number of carbonyl (C=O) groups excluding carboxylic acids is 1. The van der Waals surface area contributed by atoms with Crippen LogP contribution in [0.15, 0.2) is 18.2 Å². The second kappa shape index (κ2) is 5.08. The van der Waals surface area contributed by atoms with Crippen LogP contribution in [0.3, 0.4) is 0 Å². The molecule has 0 aliphatic carbocycles. The summed E-state index contributed by atoms with van der Waals surface area (Å²) in [5.41, 5.74) is 5.34. The average Bonchev–Trinajstić information content (AvgIpc) is 2.37. The van der Waals surface area contributed by atoms with Crippen LogP contribution in [0.25, 0.3) is 0 Å². The van der Waals surface area contributed by atoms with Crippen LogP contribution in [-0.4, -0.2) is 48.7 Å². The Morgan fingerprint density at radius 1 is 1.30 bits per heavy atom. The first-order valence-electron chi connectivity index (χ1n) is 5.84. The second-order valence-corrected chi connectivity index (χ2v) is 6.78. The van der Waals surface area contributed by atoms with Gasteiger partial charge in [0, 0.05) is 24.8 Å². The van der Waals surface area contributed by atoms with Crippen molar-refractivity contribution in [3.63, 3.8) is 0 Å². The summed E-state index contributed by atoms with van der Waals surface area (Å²) < 4.78 is 22.6. The standard InChI is InChI=1S/C11H13N3O5S/c12-8-1-2-10(14(16)17)9(7-8)11(15)13-3-5-20(18,19)6-4-13/h1-2,7H,3-6,12H2. The van der Waals surface area contributed by atoms with E-state index in [1.54, 1.807) is 0 Å². The van der Waals surface area contributed by atoms with Gasteiger partial charge in [0.05, 0.1) is 16.4 Å². The molecule has 1 amide bonds. The van der Waals surface area contributed by atoms with E-state index in [4.69, 9.17) is 5.73 Å². The van der Waals surface area contributed by atoms with E-state index in [0.29, 0.717) is 0 Å². The van der Waals surface area contributed by atoms with Crippen LogP contribution in [0.2, 0.25) is 0 Å². The zero-order valence-electron chi connectivity index (χ0n) is 10.5. The highest BCUT2D eigenvalue weighted by molar-refractivity contribution is 7.91. The van der Waals surface area contributed by atoms with Gasteiger partial charge in [-0.2, -0.15) is 0 Å². The predicted octanol–water partition coefficient (Wildman–Crippen LogP) is 0.0476. The van der Waals surface area contributed by atoms with Crippen LogP contribution in [0.1, 0.15) is 10.4 Å². The summed E-state index contributed by atoms with van der Waals surface area (Å²) in [6.07, 6.45) is 0. The SMILES string of the molecule is Nc1ccc([N+](=O)[O-])c(C(=O)N2CCS(=O)(=O)CC2)c1. The smallest absolute Gasteiger partial charge is 0.282 e. The Bertz CT molecular complexity index is 657. The number of nitrogens with zero attached hydrogens (tertiary/aromatic N) is 2. The fraction of sp³-hybridized carbons (Fsp3) is 0.364. The maximum atomic E-state index is 12.3. The molecule has 0 unspecified atom stereocenters. The molecule has 1 fully saturated rings. The van der Waals surface area contributed by atoms with Crippen molar-refractivity contribution in [1.82, 2.24) is 4.90 Å². The lowest BCUT2D eigenvalue weighted by Crippen LogP contribution is -2.43. The summed E-state index contributed by atoms with van der Waals surface area (Å²) in [6, 6.07) is 3.75. The van der Waals surface area contributed by atoms with Crippen molar-refractivity contribution in [3.8, 4) is 0 Å². The molecule has 1 saturated heterocycles. The average molecular weight is 299 g/mol. The third-order valence-corrected chi connectivity index (χ3v) is 4.69. The first kappa shape index (κ1) is 14.3. The molecule has 9 heteroatoms. The van der Waals surface area contributed by atoms with Crippen molar-refractivity contribution in [1.29, 1.82) is 0 Å². The zero-order chi connectivity index (χ0) is 14.9. The Balaban J connectivity index is 2.30. The van der Waals surface area contributed by atoms with Crippen molar-refractivity contribution >= 4 is 27.1 Å². The molecule has 20 heavy (non-hydrogen) atoms. The molecule has 0 saturated carbocycles. The lowest BCUT2D eigenvalue weighted by atomic mass is 10.1. The molecule has 0 bridgehead atoms. The number of rotatable bonds is 2. The topological polar surface area (TPSA) is 124 Å². The number of nitro benzene ring substituents is 1. The third-order valence-electron chi connectivity index (χ3n) is 3.08. The molecule has 0 aromatic heterocycles. The third kappa shape index (κ3) is 2.87. The molecule has 0 spiro atoms. The van der Waals surface area contributed by atoms with Gasteiger partial charge in [0.2, 0.25) is 0 Å². The molecule has 2 N–H and O–H groups in total. The number of amides is 1. The summed E-state index contributed by atoms with van der Waals surface area (Å²) in [7, 11) is -3.12. The minimum atomic E-state index is -3.12. The summed E-state index contributed by atoms with van der Waals surface area (Å²) in [4.78, 5) is 23.8. The number of carbonyl (C=O) groups is 1. The number of anilines is 1. The van der Waals surface area contributed by atoms with Gasteiger partial charge in [0.25, 0.3) is 11.6 Å². The number of nitrogen functional groups attached to an aromatic ring is 1. The molecule has 2 rings (SSSR count). The van der Waals surface area contributed by atoms with Gasteiger partial charge in [0.15, 0.2) is 9.84 Å². The molecule has 1 aliphatic heterocycles. The maximum absolute atomic E-state index is 12.3. The number of nitrogens with two attached hydrogens (primary N) is 1. The first-order chi connectivity index (χ1) is 9.30. The van der Waals surface area contributed by atoms with Gasteiger partial charge in [-0.15, -0.1) is 0 Å². The molecule has 8 nitrogen and oxygen atoms in total. The zero-order valence-corrected chi connectivity index (χ0v) is 11.3. The van der Waals surface area contributed by atoms with Crippen LogP contribution in [0, 0.1) is 10.1 Å². The number of sulfone groups is 1. The maximum Gasteiger partial charge on any atom is 0.282 e. The van der Waals surface area contributed by atoms with E-state index in [1.807, 2.05) is 0 Å². The molecule has 108 valence electrons. The normalized spacial score (nSPS) is 17.7. The molecule has 1 heterocycles. The van der Waals surface area contributed by atoms with E-state index in [-0.39, 0.29) is 41.5 Å². The Hall–Kier alpha value is -2.16. The summed E-state index contributed by atoms with van der Waals surface area (Å²) in [5, 5.41) is 10.9. The van der Waals surface area contributed by atoms with Crippen molar-refractivity contribution in [3.05, 3.63) is 33.9 Å². The van der Waals surface area contributed by atoms with Crippen molar-refractivity contribution in [2.24, 2.45) is 0 Å². The van der Waals surface area contributed by atoms with Gasteiger partial charge in [0.1, 0.15) is 5.56 Å². The van der Waals surface area contributed by atoms with E-state index in [1.165, 1.54) is 23.1 Å². The fourth-order valence-corrected chi connectivity index (χ4v) is 3.17. The molecule has 1 aliphatic rings. The van der Waals surface area contributed by atoms with Crippen LogP contribution < -0.4 is 5.73 Å².